The summed E-state index contributed by atoms with van der Waals surface area (Å²) in [6.45, 7) is 6.55. The molecule has 0 radical (unpaired) electrons. The average Bonchev–Trinajstić information content (AvgIpc) is 1.87. The zero-order chi connectivity index (χ0) is 8.15. The molecule has 0 aliphatic carbocycles. The van der Waals surface area contributed by atoms with Crippen molar-refractivity contribution in [2.75, 3.05) is 6.61 Å². The molecule has 2 heteroatoms. The molecule has 0 saturated carbocycles. The number of hydrogen-bond donors (Lipinski definition) is 2. The second-order valence-electron chi connectivity index (χ2n) is 3.21. The van der Waals surface area contributed by atoms with E-state index in [-0.39, 0.29) is 12.6 Å². The molecule has 0 saturated heterocycles. The predicted molar refractivity (Wildman–Crippen MR) is 43.7 cm³/mol. The van der Waals surface area contributed by atoms with E-state index >= 15 is 0 Å². The summed E-state index contributed by atoms with van der Waals surface area (Å²) in [5.41, 5.74) is 5.69. The van der Waals surface area contributed by atoms with Crippen LogP contribution >= 0.6 is 0 Å². The minimum Gasteiger partial charge on any atom is -0.396 e. The van der Waals surface area contributed by atoms with Crippen LogP contribution in [0.5, 0.6) is 0 Å². The highest BCUT2D eigenvalue weighted by Gasteiger charge is 2.14. The quantitative estimate of drug-likeness (QED) is 0.619. The first-order valence-corrected chi connectivity index (χ1v) is 3.96. The van der Waals surface area contributed by atoms with Gasteiger partial charge in [0.2, 0.25) is 0 Å². The first-order chi connectivity index (χ1) is 4.59. The van der Waals surface area contributed by atoms with Crippen molar-refractivity contribution in [1.82, 2.24) is 0 Å². The van der Waals surface area contributed by atoms with Crippen molar-refractivity contribution in [1.29, 1.82) is 0 Å². The third-order valence-electron chi connectivity index (χ3n) is 2.31. The van der Waals surface area contributed by atoms with Gasteiger partial charge in [-0.25, -0.2) is 0 Å². The average molecular weight is 145 g/mol. The Hall–Kier alpha value is -0.0800. The molecule has 3 N–H and O–H groups in total. The van der Waals surface area contributed by atoms with Gasteiger partial charge in [0, 0.05) is 12.6 Å². The van der Waals surface area contributed by atoms with Crippen LogP contribution in [-0.2, 0) is 0 Å². The summed E-state index contributed by atoms with van der Waals surface area (Å²) in [5.74, 6) is 1.04. The number of hydrogen-bond acceptors (Lipinski definition) is 2. The summed E-state index contributed by atoms with van der Waals surface area (Å²) < 4.78 is 0. The van der Waals surface area contributed by atoms with E-state index < -0.39 is 0 Å². The van der Waals surface area contributed by atoms with E-state index in [1.165, 1.54) is 0 Å². The minimum absolute atomic E-state index is 0.238. The van der Waals surface area contributed by atoms with Crippen LogP contribution in [0.4, 0.5) is 0 Å². The normalized spacial score (nSPS) is 20.1. The molecule has 0 bridgehead atoms. The fourth-order valence-electron chi connectivity index (χ4n) is 0.985. The Kier molecular flexibility index (Phi) is 4.65. The lowest BCUT2D eigenvalue weighted by molar-refractivity contribution is 0.224. The fraction of sp³-hybridized carbons (Fsp3) is 1.00. The highest BCUT2D eigenvalue weighted by atomic mass is 16.3. The lowest BCUT2D eigenvalue weighted by Gasteiger charge is -2.22. The van der Waals surface area contributed by atoms with Crippen molar-refractivity contribution in [3.63, 3.8) is 0 Å². The van der Waals surface area contributed by atoms with E-state index in [0.29, 0.717) is 11.8 Å². The van der Waals surface area contributed by atoms with Crippen LogP contribution in [0.2, 0.25) is 0 Å². The standard InChI is InChI=1S/C8H19NO/c1-6(4-5-10)7(2)8(3)9/h6-8,10H,4-5,9H2,1-3H3/t6?,7?,8-/m0/s1. The summed E-state index contributed by atoms with van der Waals surface area (Å²) in [4.78, 5) is 0. The molecule has 0 spiro atoms. The van der Waals surface area contributed by atoms with E-state index in [4.69, 9.17) is 10.8 Å². The Labute approximate surface area is 63.4 Å². The summed E-state index contributed by atoms with van der Waals surface area (Å²) in [6.07, 6.45) is 0.864. The van der Waals surface area contributed by atoms with Crippen molar-refractivity contribution in [3.8, 4) is 0 Å². The monoisotopic (exact) mass is 145 g/mol. The predicted octanol–water partition coefficient (Wildman–Crippen LogP) is 0.988. The molecular weight excluding hydrogens is 126 g/mol. The highest BCUT2D eigenvalue weighted by molar-refractivity contribution is 4.69. The van der Waals surface area contributed by atoms with Gasteiger partial charge < -0.3 is 10.8 Å². The summed E-state index contributed by atoms with van der Waals surface area (Å²) in [7, 11) is 0. The largest absolute Gasteiger partial charge is 0.396 e. The number of aliphatic hydroxyl groups is 1. The van der Waals surface area contributed by atoms with Gasteiger partial charge in [-0.15, -0.1) is 0 Å². The van der Waals surface area contributed by atoms with Gasteiger partial charge in [-0.3, -0.25) is 0 Å². The maximum atomic E-state index is 8.63. The van der Waals surface area contributed by atoms with Gasteiger partial charge in [-0.05, 0) is 25.2 Å². The van der Waals surface area contributed by atoms with E-state index in [1.54, 1.807) is 0 Å². The lowest BCUT2D eigenvalue weighted by Crippen LogP contribution is -2.29. The number of nitrogens with two attached hydrogens (primary N) is 1. The molecule has 0 rings (SSSR count). The van der Waals surface area contributed by atoms with E-state index in [9.17, 15) is 0 Å². The summed E-state index contributed by atoms with van der Waals surface area (Å²) in [6, 6.07) is 0.238. The molecule has 0 aromatic rings. The van der Waals surface area contributed by atoms with Gasteiger partial charge >= 0.3 is 0 Å². The molecule has 0 aliphatic rings. The molecule has 0 aromatic heterocycles. The van der Waals surface area contributed by atoms with Gasteiger partial charge in [0.1, 0.15) is 0 Å². The van der Waals surface area contributed by atoms with Crippen LogP contribution in [0.1, 0.15) is 27.2 Å². The van der Waals surface area contributed by atoms with Crippen molar-refractivity contribution in [3.05, 3.63) is 0 Å². The molecule has 0 aliphatic heterocycles. The number of aliphatic hydroxyl groups excluding tert-OH is 1. The van der Waals surface area contributed by atoms with Crippen molar-refractivity contribution >= 4 is 0 Å². The van der Waals surface area contributed by atoms with E-state index in [0.717, 1.165) is 6.42 Å². The van der Waals surface area contributed by atoms with Crippen LogP contribution in [0, 0.1) is 11.8 Å². The van der Waals surface area contributed by atoms with Crippen molar-refractivity contribution in [2.24, 2.45) is 17.6 Å². The maximum Gasteiger partial charge on any atom is 0.0433 e. The summed E-state index contributed by atoms with van der Waals surface area (Å²) in [5, 5.41) is 8.63. The molecule has 2 unspecified atom stereocenters. The highest BCUT2D eigenvalue weighted by Crippen LogP contribution is 2.16. The van der Waals surface area contributed by atoms with Crippen LogP contribution in [-0.4, -0.2) is 17.8 Å². The summed E-state index contributed by atoms with van der Waals surface area (Å²) >= 11 is 0. The third-order valence-corrected chi connectivity index (χ3v) is 2.31. The second-order valence-corrected chi connectivity index (χ2v) is 3.21. The Balaban J connectivity index is 3.58. The fourth-order valence-corrected chi connectivity index (χ4v) is 0.985. The molecular formula is C8H19NO. The Morgan fingerprint density at radius 1 is 1.30 bits per heavy atom. The van der Waals surface area contributed by atoms with Crippen molar-refractivity contribution < 1.29 is 5.11 Å². The SMILES string of the molecule is CC(CCO)C(C)[C@H](C)N. The maximum absolute atomic E-state index is 8.63. The molecule has 10 heavy (non-hydrogen) atoms. The van der Waals surface area contributed by atoms with Gasteiger partial charge in [0.05, 0.1) is 0 Å². The van der Waals surface area contributed by atoms with Gasteiger partial charge in [0.15, 0.2) is 0 Å². The zero-order valence-corrected chi connectivity index (χ0v) is 7.17. The second kappa shape index (κ2) is 4.69. The molecule has 3 atom stereocenters. The first kappa shape index (κ1) is 9.92. The molecule has 0 heterocycles. The number of rotatable bonds is 4. The third kappa shape index (κ3) is 3.18. The molecule has 0 fully saturated rings. The topological polar surface area (TPSA) is 46.2 Å². The van der Waals surface area contributed by atoms with Crippen molar-refractivity contribution in [2.45, 2.75) is 33.2 Å². The van der Waals surface area contributed by atoms with Gasteiger partial charge in [-0.2, -0.15) is 0 Å². The van der Waals surface area contributed by atoms with Crippen LogP contribution in [0.25, 0.3) is 0 Å². The molecule has 2 nitrogen and oxygen atoms in total. The molecule has 0 aromatic carbocycles. The van der Waals surface area contributed by atoms with E-state index in [2.05, 4.69) is 13.8 Å². The Morgan fingerprint density at radius 2 is 1.80 bits per heavy atom. The first-order valence-electron chi connectivity index (χ1n) is 3.96. The molecule has 0 amide bonds. The Morgan fingerprint density at radius 3 is 2.10 bits per heavy atom. The van der Waals surface area contributed by atoms with E-state index in [1.807, 2.05) is 6.92 Å². The smallest absolute Gasteiger partial charge is 0.0433 e. The zero-order valence-electron chi connectivity index (χ0n) is 7.17. The Bertz CT molecular complexity index is 83.3. The van der Waals surface area contributed by atoms with Crippen LogP contribution in [0.15, 0.2) is 0 Å². The van der Waals surface area contributed by atoms with Crippen LogP contribution < -0.4 is 5.73 Å². The molecule has 62 valence electrons. The lowest BCUT2D eigenvalue weighted by atomic mass is 9.88. The minimum atomic E-state index is 0.238. The van der Waals surface area contributed by atoms with Crippen LogP contribution in [0.3, 0.4) is 0 Å². The van der Waals surface area contributed by atoms with Gasteiger partial charge in [0.25, 0.3) is 0 Å². The van der Waals surface area contributed by atoms with Gasteiger partial charge in [-0.1, -0.05) is 13.8 Å².